The fourth-order valence-corrected chi connectivity index (χ4v) is 2.07. The standard InChI is InChI=1S/C13H13ClN4O3/c1-7-3-10(14)9(5-15-7)12(19)17-11(13(20)21)8-4-16-18(2)6-8/h3-6,11H,1-2H3,(H,17,19)(H,20,21). The van der Waals surface area contributed by atoms with Gasteiger partial charge in [-0.25, -0.2) is 4.79 Å². The number of hydrogen-bond donors (Lipinski definition) is 2. The molecule has 0 aliphatic carbocycles. The van der Waals surface area contributed by atoms with Crippen LogP contribution in [0.3, 0.4) is 0 Å². The number of aromatic nitrogens is 3. The van der Waals surface area contributed by atoms with Crippen molar-refractivity contribution in [2.45, 2.75) is 13.0 Å². The average molecular weight is 309 g/mol. The zero-order valence-electron chi connectivity index (χ0n) is 11.4. The maximum absolute atomic E-state index is 12.1. The van der Waals surface area contributed by atoms with E-state index in [1.54, 1.807) is 14.0 Å². The first kappa shape index (κ1) is 15.0. The molecule has 2 aromatic rings. The van der Waals surface area contributed by atoms with Crippen molar-refractivity contribution in [1.29, 1.82) is 0 Å². The van der Waals surface area contributed by atoms with E-state index in [4.69, 9.17) is 11.6 Å². The van der Waals surface area contributed by atoms with Gasteiger partial charge in [-0.05, 0) is 13.0 Å². The van der Waals surface area contributed by atoms with E-state index in [0.717, 1.165) is 0 Å². The summed E-state index contributed by atoms with van der Waals surface area (Å²) in [4.78, 5) is 27.4. The molecule has 21 heavy (non-hydrogen) atoms. The first-order chi connectivity index (χ1) is 9.88. The summed E-state index contributed by atoms with van der Waals surface area (Å²) in [6, 6.07) is 0.333. The van der Waals surface area contributed by atoms with E-state index in [1.165, 1.54) is 29.3 Å². The first-order valence-electron chi connectivity index (χ1n) is 6.03. The molecule has 0 fully saturated rings. The van der Waals surface area contributed by atoms with Crippen LogP contribution in [-0.2, 0) is 11.8 Å². The molecule has 0 aliphatic heterocycles. The molecule has 1 atom stereocenters. The molecule has 0 radical (unpaired) electrons. The van der Waals surface area contributed by atoms with Crippen LogP contribution in [0.5, 0.6) is 0 Å². The van der Waals surface area contributed by atoms with Gasteiger partial charge in [-0.15, -0.1) is 0 Å². The number of nitrogens with zero attached hydrogens (tertiary/aromatic N) is 3. The number of carbonyl (C=O) groups excluding carboxylic acids is 1. The van der Waals surface area contributed by atoms with Crippen LogP contribution in [0.1, 0.15) is 27.7 Å². The van der Waals surface area contributed by atoms with Gasteiger partial charge in [-0.1, -0.05) is 11.6 Å². The fraction of sp³-hybridized carbons (Fsp3) is 0.231. The summed E-state index contributed by atoms with van der Waals surface area (Å²) in [6.07, 6.45) is 4.22. The van der Waals surface area contributed by atoms with Crippen molar-refractivity contribution in [3.63, 3.8) is 0 Å². The van der Waals surface area contributed by atoms with Gasteiger partial charge in [-0.3, -0.25) is 14.5 Å². The van der Waals surface area contributed by atoms with E-state index in [9.17, 15) is 14.7 Å². The Morgan fingerprint density at radius 3 is 2.67 bits per heavy atom. The smallest absolute Gasteiger partial charge is 0.331 e. The van der Waals surface area contributed by atoms with Crippen molar-refractivity contribution in [2.24, 2.45) is 7.05 Å². The second-order valence-corrected chi connectivity index (χ2v) is 4.90. The third-order valence-electron chi connectivity index (χ3n) is 2.82. The lowest BCUT2D eigenvalue weighted by Crippen LogP contribution is -2.33. The summed E-state index contributed by atoms with van der Waals surface area (Å²) >= 11 is 5.97. The van der Waals surface area contributed by atoms with Crippen LogP contribution in [0, 0.1) is 6.92 Å². The summed E-state index contributed by atoms with van der Waals surface area (Å²) in [6.45, 7) is 1.74. The molecule has 0 saturated carbocycles. The Labute approximate surface area is 125 Å². The van der Waals surface area contributed by atoms with Crippen molar-refractivity contribution in [3.05, 3.63) is 46.5 Å². The molecule has 0 bridgehead atoms. The predicted molar refractivity (Wildman–Crippen MR) is 75.0 cm³/mol. The molecule has 0 spiro atoms. The monoisotopic (exact) mass is 308 g/mol. The number of rotatable bonds is 4. The number of carbonyl (C=O) groups is 2. The summed E-state index contributed by atoms with van der Waals surface area (Å²) in [5.74, 6) is -1.80. The molecule has 8 heteroatoms. The highest BCUT2D eigenvalue weighted by Gasteiger charge is 2.25. The van der Waals surface area contributed by atoms with Gasteiger partial charge in [0.2, 0.25) is 0 Å². The van der Waals surface area contributed by atoms with Crippen molar-refractivity contribution in [2.75, 3.05) is 0 Å². The van der Waals surface area contributed by atoms with E-state index in [-0.39, 0.29) is 10.6 Å². The van der Waals surface area contributed by atoms with Gasteiger partial charge >= 0.3 is 5.97 Å². The van der Waals surface area contributed by atoms with Crippen molar-refractivity contribution < 1.29 is 14.7 Å². The van der Waals surface area contributed by atoms with Gasteiger partial charge in [0.15, 0.2) is 6.04 Å². The number of aliphatic carboxylic acids is 1. The van der Waals surface area contributed by atoms with Gasteiger partial charge in [0.05, 0.1) is 16.8 Å². The van der Waals surface area contributed by atoms with E-state index in [0.29, 0.717) is 11.3 Å². The molecule has 1 unspecified atom stereocenters. The van der Waals surface area contributed by atoms with Crippen LogP contribution in [0.4, 0.5) is 0 Å². The Kier molecular flexibility index (Phi) is 4.23. The molecular formula is C13H13ClN4O3. The molecule has 2 heterocycles. The van der Waals surface area contributed by atoms with Crippen LogP contribution < -0.4 is 5.32 Å². The molecule has 0 aliphatic rings. The van der Waals surface area contributed by atoms with Crippen molar-refractivity contribution in [3.8, 4) is 0 Å². The normalized spacial score (nSPS) is 12.0. The number of amides is 1. The lowest BCUT2D eigenvalue weighted by molar-refractivity contribution is -0.139. The highest BCUT2D eigenvalue weighted by molar-refractivity contribution is 6.33. The number of nitrogens with one attached hydrogen (secondary N) is 1. The SMILES string of the molecule is Cc1cc(Cl)c(C(=O)NC(C(=O)O)c2cnn(C)c2)cn1. The average Bonchev–Trinajstić information content (AvgIpc) is 2.81. The van der Waals surface area contributed by atoms with Crippen LogP contribution in [0.2, 0.25) is 5.02 Å². The molecule has 2 rings (SSSR count). The minimum atomic E-state index is -1.21. The fourth-order valence-electron chi connectivity index (χ4n) is 1.78. The molecule has 0 saturated heterocycles. The van der Waals surface area contributed by atoms with Crippen LogP contribution in [0.15, 0.2) is 24.7 Å². The van der Waals surface area contributed by atoms with Gasteiger partial charge in [0, 0.05) is 30.7 Å². The molecule has 2 N–H and O–H groups in total. The highest BCUT2D eigenvalue weighted by Crippen LogP contribution is 2.18. The Morgan fingerprint density at radius 1 is 1.43 bits per heavy atom. The molecule has 2 aromatic heterocycles. The van der Waals surface area contributed by atoms with E-state index < -0.39 is 17.9 Å². The zero-order valence-corrected chi connectivity index (χ0v) is 12.1. The number of carboxylic acids is 1. The predicted octanol–water partition coefficient (Wildman–Crippen LogP) is 1.33. The minimum absolute atomic E-state index is 0.123. The largest absolute Gasteiger partial charge is 0.479 e. The molecule has 110 valence electrons. The van der Waals surface area contributed by atoms with Crippen molar-refractivity contribution >= 4 is 23.5 Å². The number of halogens is 1. The lowest BCUT2D eigenvalue weighted by atomic mass is 10.1. The highest BCUT2D eigenvalue weighted by atomic mass is 35.5. The summed E-state index contributed by atoms with van der Waals surface area (Å²) in [5, 5.41) is 15.8. The van der Waals surface area contributed by atoms with Crippen molar-refractivity contribution in [1.82, 2.24) is 20.1 Å². The molecule has 0 aromatic carbocycles. The molecule has 1 amide bonds. The third kappa shape index (κ3) is 3.38. The number of aryl methyl sites for hydroxylation is 2. The third-order valence-corrected chi connectivity index (χ3v) is 3.13. The quantitative estimate of drug-likeness (QED) is 0.888. The second-order valence-electron chi connectivity index (χ2n) is 4.50. The van der Waals surface area contributed by atoms with Crippen LogP contribution >= 0.6 is 11.6 Å². The van der Waals surface area contributed by atoms with Gasteiger partial charge < -0.3 is 10.4 Å². The topological polar surface area (TPSA) is 97.1 Å². The van der Waals surface area contributed by atoms with E-state index in [1.807, 2.05) is 0 Å². The van der Waals surface area contributed by atoms with Gasteiger partial charge in [0.25, 0.3) is 5.91 Å². The first-order valence-corrected chi connectivity index (χ1v) is 6.40. The Hall–Kier alpha value is -2.41. The van der Waals surface area contributed by atoms with Crippen LogP contribution in [-0.4, -0.2) is 31.7 Å². The lowest BCUT2D eigenvalue weighted by Gasteiger charge is -2.13. The maximum atomic E-state index is 12.1. The van der Waals surface area contributed by atoms with Crippen LogP contribution in [0.25, 0.3) is 0 Å². The van der Waals surface area contributed by atoms with Gasteiger partial charge in [-0.2, -0.15) is 5.10 Å². The Bertz CT molecular complexity index is 698. The van der Waals surface area contributed by atoms with Gasteiger partial charge in [0.1, 0.15) is 0 Å². The Morgan fingerprint density at radius 2 is 2.14 bits per heavy atom. The van der Waals surface area contributed by atoms with E-state index in [2.05, 4.69) is 15.4 Å². The zero-order chi connectivity index (χ0) is 15.6. The Balaban J connectivity index is 2.25. The summed E-state index contributed by atoms with van der Waals surface area (Å²) < 4.78 is 1.46. The second kappa shape index (κ2) is 5.92. The maximum Gasteiger partial charge on any atom is 0.331 e. The molecule has 7 nitrogen and oxygen atoms in total. The number of carboxylic acid groups (broad SMARTS) is 1. The minimum Gasteiger partial charge on any atom is -0.479 e. The number of hydrogen-bond acceptors (Lipinski definition) is 4. The van der Waals surface area contributed by atoms with E-state index >= 15 is 0 Å². The summed E-state index contributed by atoms with van der Waals surface area (Å²) in [5.41, 5.74) is 1.16. The summed E-state index contributed by atoms with van der Waals surface area (Å²) in [7, 11) is 1.66. The molecular weight excluding hydrogens is 296 g/mol. The number of pyridine rings is 1.